The van der Waals surface area contributed by atoms with Crippen molar-refractivity contribution >= 4 is 11.0 Å². The Morgan fingerprint density at radius 3 is 3.25 bits per heavy atom. The Kier molecular flexibility index (Phi) is 1.78. The van der Waals surface area contributed by atoms with Crippen molar-refractivity contribution in [2.24, 2.45) is 0 Å². The van der Waals surface area contributed by atoms with E-state index >= 15 is 0 Å². The minimum absolute atomic E-state index is 1.03. The minimum atomic E-state index is 1.03. The molecule has 0 aliphatic carbocycles. The van der Waals surface area contributed by atoms with Crippen LogP contribution in [-0.4, -0.2) is 14.5 Å². The first-order valence-corrected chi connectivity index (χ1v) is 4.16. The van der Waals surface area contributed by atoms with Crippen LogP contribution in [0.25, 0.3) is 11.0 Å². The summed E-state index contributed by atoms with van der Waals surface area (Å²) < 4.78 is 2.18. The molecule has 3 heteroatoms. The molecule has 0 aliphatic rings. The summed E-state index contributed by atoms with van der Waals surface area (Å²) in [6.45, 7) is 3.20. The summed E-state index contributed by atoms with van der Waals surface area (Å²) in [7, 11) is 0. The molecule has 0 spiro atoms. The molecule has 2 aromatic rings. The Morgan fingerprint density at radius 2 is 2.42 bits per heavy atom. The Hall–Kier alpha value is -1.38. The Labute approximate surface area is 71.1 Å². The van der Waals surface area contributed by atoms with E-state index in [0.29, 0.717) is 0 Å². The van der Waals surface area contributed by atoms with E-state index in [1.54, 1.807) is 6.33 Å². The van der Waals surface area contributed by atoms with E-state index in [4.69, 9.17) is 0 Å². The maximum Gasteiger partial charge on any atom is 0.116 e. The van der Waals surface area contributed by atoms with E-state index in [2.05, 4.69) is 27.7 Å². The molecule has 0 unspecified atom stereocenters. The predicted molar refractivity (Wildman–Crippen MR) is 47.8 cm³/mol. The zero-order chi connectivity index (χ0) is 8.39. The molecular formula is C9H11N3. The Bertz CT molecular complexity index is 378. The molecule has 12 heavy (non-hydrogen) atoms. The van der Waals surface area contributed by atoms with Gasteiger partial charge < -0.3 is 4.57 Å². The fourth-order valence-corrected chi connectivity index (χ4v) is 1.36. The Morgan fingerprint density at radius 1 is 1.50 bits per heavy atom. The molecule has 0 saturated carbocycles. The summed E-state index contributed by atoms with van der Waals surface area (Å²) in [4.78, 5) is 8.15. The van der Waals surface area contributed by atoms with Crippen molar-refractivity contribution in [1.29, 1.82) is 0 Å². The van der Waals surface area contributed by atoms with Crippen molar-refractivity contribution in [2.75, 3.05) is 0 Å². The average molecular weight is 161 g/mol. The van der Waals surface area contributed by atoms with Gasteiger partial charge in [-0.3, -0.25) is 0 Å². The van der Waals surface area contributed by atoms with Crippen molar-refractivity contribution in [3.05, 3.63) is 24.8 Å². The van der Waals surface area contributed by atoms with E-state index in [-0.39, 0.29) is 0 Å². The van der Waals surface area contributed by atoms with Gasteiger partial charge in [-0.1, -0.05) is 6.92 Å². The van der Waals surface area contributed by atoms with Gasteiger partial charge in [0.2, 0.25) is 0 Å². The monoisotopic (exact) mass is 161 g/mol. The largest absolute Gasteiger partial charge is 0.345 e. The smallest absolute Gasteiger partial charge is 0.116 e. The summed E-state index contributed by atoms with van der Waals surface area (Å²) >= 11 is 0. The van der Waals surface area contributed by atoms with Gasteiger partial charge in [-0.25, -0.2) is 9.97 Å². The Balaban J connectivity index is 2.55. The van der Waals surface area contributed by atoms with Crippen LogP contribution < -0.4 is 0 Å². The zero-order valence-electron chi connectivity index (χ0n) is 7.07. The maximum absolute atomic E-state index is 4.15. The molecule has 0 aliphatic heterocycles. The van der Waals surface area contributed by atoms with Crippen molar-refractivity contribution < 1.29 is 0 Å². The molecule has 0 saturated heterocycles. The van der Waals surface area contributed by atoms with Crippen LogP contribution in [0.1, 0.15) is 13.3 Å². The van der Waals surface area contributed by atoms with Crippen molar-refractivity contribution in [1.82, 2.24) is 14.5 Å². The van der Waals surface area contributed by atoms with E-state index < -0.39 is 0 Å². The van der Waals surface area contributed by atoms with Gasteiger partial charge in [0.1, 0.15) is 6.33 Å². The quantitative estimate of drug-likeness (QED) is 0.672. The molecule has 0 fully saturated rings. The van der Waals surface area contributed by atoms with E-state index in [9.17, 15) is 0 Å². The van der Waals surface area contributed by atoms with E-state index in [0.717, 1.165) is 24.0 Å². The van der Waals surface area contributed by atoms with Crippen LogP contribution in [0.5, 0.6) is 0 Å². The summed E-state index contributed by atoms with van der Waals surface area (Å²) in [5.41, 5.74) is 2.15. The second-order valence-electron chi connectivity index (χ2n) is 2.80. The fraction of sp³-hybridized carbons (Fsp3) is 0.333. The lowest BCUT2D eigenvalue weighted by atomic mass is 10.4. The molecule has 0 aromatic carbocycles. The van der Waals surface area contributed by atoms with Gasteiger partial charge in [0, 0.05) is 12.7 Å². The number of fused-ring (bicyclic) bond motifs is 1. The van der Waals surface area contributed by atoms with Crippen LogP contribution in [0.4, 0.5) is 0 Å². The standard InChI is InChI=1S/C9H11N3/c1-2-4-12-5-3-8-9(12)6-10-7-11-8/h3,5-7H,2,4H2,1H3. The van der Waals surface area contributed by atoms with Gasteiger partial charge in [0.25, 0.3) is 0 Å². The highest BCUT2D eigenvalue weighted by Crippen LogP contribution is 2.10. The molecule has 2 heterocycles. The molecule has 0 amide bonds. The van der Waals surface area contributed by atoms with Crippen LogP contribution in [0.15, 0.2) is 24.8 Å². The topological polar surface area (TPSA) is 30.7 Å². The molecule has 0 radical (unpaired) electrons. The summed E-state index contributed by atoms with van der Waals surface area (Å²) in [6, 6.07) is 2.02. The van der Waals surface area contributed by atoms with E-state index in [1.165, 1.54) is 0 Å². The molecule has 0 atom stereocenters. The third kappa shape index (κ3) is 1.07. The molecule has 3 nitrogen and oxygen atoms in total. The van der Waals surface area contributed by atoms with Crippen molar-refractivity contribution in [3.63, 3.8) is 0 Å². The van der Waals surface area contributed by atoms with Crippen LogP contribution in [0, 0.1) is 0 Å². The molecule has 62 valence electrons. The highest BCUT2D eigenvalue weighted by atomic mass is 15.0. The number of aromatic nitrogens is 3. The number of hydrogen-bond donors (Lipinski definition) is 0. The first kappa shape index (κ1) is 7.28. The number of nitrogens with zero attached hydrogens (tertiary/aromatic N) is 3. The summed E-state index contributed by atoms with van der Waals surface area (Å²) in [5.74, 6) is 0. The first-order chi connectivity index (χ1) is 5.92. The molecular weight excluding hydrogens is 150 g/mol. The van der Waals surface area contributed by atoms with Crippen LogP contribution in [-0.2, 0) is 6.54 Å². The number of aryl methyl sites for hydroxylation is 1. The third-order valence-corrected chi connectivity index (χ3v) is 1.91. The molecule has 0 N–H and O–H groups in total. The van der Waals surface area contributed by atoms with Gasteiger partial charge >= 0.3 is 0 Å². The summed E-state index contributed by atoms with van der Waals surface area (Å²) in [6.07, 6.45) is 6.64. The van der Waals surface area contributed by atoms with Crippen molar-refractivity contribution in [3.8, 4) is 0 Å². The predicted octanol–water partition coefficient (Wildman–Crippen LogP) is 1.84. The molecule has 2 rings (SSSR count). The van der Waals surface area contributed by atoms with Crippen molar-refractivity contribution in [2.45, 2.75) is 19.9 Å². The van der Waals surface area contributed by atoms with Crippen LogP contribution in [0.3, 0.4) is 0 Å². The highest BCUT2D eigenvalue weighted by Gasteiger charge is 1.98. The lowest BCUT2D eigenvalue weighted by Gasteiger charge is -2.00. The number of rotatable bonds is 2. The minimum Gasteiger partial charge on any atom is -0.345 e. The van der Waals surface area contributed by atoms with Gasteiger partial charge in [0.05, 0.1) is 17.2 Å². The fourth-order valence-electron chi connectivity index (χ4n) is 1.36. The first-order valence-electron chi connectivity index (χ1n) is 4.16. The van der Waals surface area contributed by atoms with Crippen LogP contribution in [0.2, 0.25) is 0 Å². The normalized spacial score (nSPS) is 10.8. The summed E-state index contributed by atoms with van der Waals surface area (Å²) in [5, 5.41) is 0. The lowest BCUT2D eigenvalue weighted by Crippen LogP contribution is -1.94. The molecule has 0 bridgehead atoms. The SMILES string of the molecule is CCCn1ccc2ncncc21. The second kappa shape index (κ2) is 2.93. The van der Waals surface area contributed by atoms with Crippen LogP contribution >= 0.6 is 0 Å². The lowest BCUT2D eigenvalue weighted by molar-refractivity contribution is 0.702. The maximum atomic E-state index is 4.15. The van der Waals surface area contributed by atoms with Gasteiger partial charge in [-0.05, 0) is 12.5 Å². The highest BCUT2D eigenvalue weighted by molar-refractivity contribution is 5.74. The zero-order valence-corrected chi connectivity index (χ0v) is 7.07. The van der Waals surface area contributed by atoms with Gasteiger partial charge in [-0.2, -0.15) is 0 Å². The van der Waals surface area contributed by atoms with E-state index in [1.807, 2.05) is 12.3 Å². The van der Waals surface area contributed by atoms with Gasteiger partial charge in [0.15, 0.2) is 0 Å². The average Bonchev–Trinajstić information content (AvgIpc) is 2.50. The second-order valence-corrected chi connectivity index (χ2v) is 2.80. The number of hydrogen-bond acceptors (Lipinski definition) is 2. The molecule has 2 aromatic heterocycles. The third-order valence-electron chi connectivity index (χ3n) is 1.91. The van der Waals surface area contributed by atoms with Gasteiger partial charge in [-0.15, -0.1) is 0 Å².